The van der Waals surface area contributed by atoms with Crippen LogP contribution in [0.15, 0.2) is 86.9 Å². The van der Waals surface area contributed by atoms with Crippen LogP contribution in [0.25, 0.3) is 0 Å². The maximum atomic E-state index is 13.0. The van der Waals surface area contributed by atoms with Gasteiger partial charge in [-0.25, -0.2) is 9.18 Å². The zero-order valence-corrected chi connectivity index (χ0v) is 18.7. The fourth-order valence-corrected chi connectivity index (χ4v) is 2.75. The zero-order chi connectivity index (χ0) is 20.9. The van der Waals surface area contributed by atoms with Crippen LogP contribution in [0, 0.1) is 5.82 Å². The van der Waals surface area contributed by atoms with Crippen molar-refractivity contribution < 1.29 is 47.9 Å². The average molecular weight is 430 g/mol. The van der Waals surface area contributed by atoms with Crippen LogP contribution in [0.4, 0.5) is 4.39 Å². The Labute approximate surface area is 198 Å². The molecule has 4 aromatic rings. The van der Waals surface area contributed by atoms with E-state index < -0.39 is 11.4 Å². The van der Waals surface area contributed by atoms with E-state index in [0.29, 0.717) is 23.9 Å². The van der Waals surface area contributed by atoms with Gasteiger partial charge in [0.05, 0.1) is 0 Å². The molecule has 9 heteroatoms. The SMILES string of the molecule is O=c1[n-]c(=O)n(Cc2ccc(OCc3cccc(Oc4ccc(F)cc4)c3)cc2)o1.[Na+]. The van der Waals surface area contributed by atoms with E-state index in [-0.39, 0.29) is 41.9 Å². The van der Waals surface area contributed by atoms with Crippen LogP contribution in [0.1, 0.15) is 11.1 Å². The first-order chi connectivity index (χ1) is 14.5. The fraction of sp³-hybridized carbons (Fsp3) is 0.0909. The minimum Gasteiger partial charge on any atom is -0.489 e. The van der Waals surface area contributed by atoms with Crippen LogP contribution in [-0.4, -0.2) is 4.74 Å². The van der Waals surface area contributed by atoms with Crippen molar-refractivity contribution >= 4 is 0 Å². The number of rotatable bonds is 7. The Bertz CT molecular complexity index is 1250. The van der Waals surface area contributed by atoms with Crippen LogP contribution in [0.3, 0.4) is 0 Å². The van der Waals surface area contributed by atoms with Crippen LogP contribution in [0.5, 0.6) is 17.2 Å². The Morgan fingerprint density at radius 3 is 2.26 bits per heavy atom. The van der Waals surface area contributed by atoms with Crippen molar-refractivity contribution in [3.05, 3.63) is 111 Å². The van der Waals surface area contributed by atoms with E-state index in [9.17, 15) is 14.0 Å². The van der Waals surface area contributed by atoms with Gasteiger partial charge in [-0.1, -0.05) is 24.3 Å². The minimum atomic E-state index is -0.911. The molecule has 0 atom stereocenters. The topological polar surface area (TPSA) is 84.8 Å². The third kappa shape index (κ3) is 6.21. The second kappa shape index (κ2) is 10.3. The Kier molecular flexibility index (Phi) is 7.51. The molecule has 0 aliphatic heterocycles. The zero-order valence-electron chi connectivity index (χ0n) is 16.7. The normalized spacial score (nSPS) is 10.4. The van der Waals surface area contributed by atoms with Gasteiger partial charge in [-0.2, -0.15) is 0 Å². The van der Waals surface area contributed by atoms with Gasteiger partial charge in [0, 0.05) is 6.54 Å². The summed E-state index contributed by atoms with van der Waals surface area (Å²) < 4.78 is 30.1. The van der Waals surface area contributed by atoms with Crippen LogP contribution in [0.2, 0.25) is 0 Å². The van der Waals surface area contributed by atoms with Gasteiger partial charge in [-0.15, -0.1) is 0 Å². The van der Waals surface area contributed by atoms with Crippen molar-refractivity contribution in [1.29, 1.82) is 0 Å². The molecular formula is C22H16FN2NaO5. The van der Waals surface area contributed by atoms with E-state index in [1.165, 1.54) is 12.1 Å². The predicted octanol–water partition coefficient (Wildman–Crippen LogP) is 0.321. The van der Waals surface area contributed by atoms with Gasteiger partial charge in [-0.3, -0.25) is 9.53 Å². The van der Waals surface area contributed by atoms with E-state index >= 15 is 0 Å². The molecule has 0 aliphatic rings. The van der Waals surface area contributed by atoms with Crippen molar-refractivity contribution in [2.45, 2.75) is 13.2 Å². The molecule has 0 fully saturated rings. The third-order valence-electron chi connectivity index (χ3n) is 4.19. The summed E-state index contributed by atoms with van der Waals surface area (Å²) in [5, 5.41) is 0. The number of hydrogen-bond acceptors (Lipinski definition) is 5. The molecule has 1 heterocycles. The molecule has 0 spiro atoms. The number of aromatic nitrogens is 2. The van der Waals surface area contributed by atoms with Gasteiger partial charge in [0.15, 0.2) is 5.69 Å². The molecule has 0 saturated carbocycles. The predicted molar refractivity (Wildman–Crippen MR) is 105 cm³/mol. The smallest absolute Gasteiger partial charge is 0.489 e. The third-order valence-corrected chi connectivity index (χ3v) is 4.19. The first-order valence-corrected chi connectivity index (χ1v) is 9.04. The van der Waals surface area contributed by atoms with Gasteiger partial charge in [0.2, 0.25) is 0 Å². The summed E-state index contributed by atoms with van der Waals surface area (Å²) in [6.07, 6.45) is 0. The quantitative estimate of drug-likeness (QED) is 0.393. The molecule has 0 amide bonds. The summed E-state index contributed by atoms with van der Waals surface area (Å²) in [7, 11) is 0. The standard InChI is InChI=1S/C22H17FN2O5.Na/c23-17-6-10-19(11-7-17)29-20-3-1-2-16(12-20)14-28-18-8-4-15(5-9-18)13-25-21(26)24-22(27)30-25;/h1-12H,13-14H2,(H,24,26,27);/q;+1/p-1. The second-order valence-corrected chi connectivity index (χ2v) is 6.42. The number of ether oxygens (including phenoxy) is 2. The molecule has 7 nitrogen and oxygen atoms in total. The molecule has 0 N–H and O–H groups in total. The number of halogens is 1. The summed E-state index contributed by atoms with van der Waals surface area (Å²) in [4.78, 5) is 25.6. The van der Waals surface area contributed by atoms with E-state index in [2.05, 4.69) is 9.51 Å². The summed E-state index contributed by atoms with van der Waals surface area (Å²) >= 11 is 0. The molecular weight excluding hydrogens is 414 g/mol. The van der Waals surface area contributed by atoms with Crippen molar-refractivity contribution in [1.82, 2.24) is 9.72 Å². The molecule has 31 heavy (non-hydrogen) atoms. The number of hydrogen-bond donors (Lipinski definition) is 0. The molecule has 1 aromatic heterocycles. The van der Waals surface area contributed by atoms with E-state index in [1.54, 1.807) is 42.5 Å². The molecule has 0 saturated heterocycles. The van der Waals surface area contributed by atoms with Gasteiger partial charge < -0.3 is 19.0 Å². The molecule has 3 aromatic carbocycles. The average Bonchev–Trinajstić information content (AvgIpc) is 3.06. The van der Waals surface area contributed by atoms with Crippen LogP contribution in [-0.2, 0) is 13.2 Å². The second-order valence-electron chi connectivity index (χ2n) is 6.42. The monoisotopic (exact) mass is 430 g/mol. The van der Waals surface area contributed by atoms with Crippen LogP contribution < -0.4 is 55.5 Å². The van der Waals surface area contributed by atoms with Crippen molar-refractivity contribution in [3.63, 3.8) is 0 Å². The van der Waals surface area contributed by atoms with Gasteiger partial charge in [0.1, 0.15) is 29.7 Å². The van der Waals surface area contributed by atoms with E-state index in [0.717, 1.165) is 15.9 Å². The van der Waals surface area contributed by atoms with Gasteiger partial charge in [0.25, 0.3) is 0 Å². The molecule has 0 radical (unpaired) electrons. The maximum Gasteiger partial charge on any atom is 1.00 e. The molecule has 4 rings (SSSR count). The van der Waals surface area contributed by atoms with Crippen molar-refractivity contribution in [2.75, 3.05) is 0 Å². The summed E-state index contributed by atoms with van der Waals surface area (Å²) in [5.74, 6) is 0.565. The van der Waals surface area contributed by atoms with Gasteiger partial charge in [-0.05, 0) is 59.7 Å². The molecule has 0 unspecified atom stereocenters. The van der Waals surface area contributed by atoms with E-state index in [1.807, 2.05) is 18.2 Å². The largest absolute Gasteiger partial charge is 1.00 e. The minimum absolute atomic E-state index is 0. The van der Waals surface area contributed by atoms with Crippen molar-refractivity contribution in [3.8, 4) is 17.2 Å². The van der Waals surface area contributed by atoms with Crippen LogP contribution >= 0.6 is 0 Å². The Morgan fingerprint density at radius 1 is 0.871 bits per heavy atom. The molecule has 0 bridgehead atoms. The summed E-state index contributed by atoms with van der Waals surface area (Å²) in [5.41, 5.74) is 0.938. The first kappa shape index (κ1) is 22.6. The van der Waals surface area contributed by atoms with Gasteiger partial charge >= 0.3 is 35.3 Å². The molecule has 152 valence electrons. The summed E-state index contributed by atoms with van der Waals surface area (Å²) in [6, 6.07) is 20.2. The van der Waals surface area contributed by atoms with Crippen molar-refractivity contribution in [2.24, 2.45) is 0 Å². The number of nitrogens with zero attached hydrogens (tertiary/aromatic N) is 2. The molecule has 0 aliphatic carbocycles. The Balaban J connectivity index is 0.00000272. The number of benzene rings is 3. The fourth-order valence-electron chi connectivity index (χ4n) is 2.75. The Morgan fingerprint density at radius 2 is 1.58 bits per heavy atom. The summed E-state index contributed by atoms with van der Waals surface area (Å²) in [6.45, 7) is 0.429. The van der Waals surface area contributed by atoms with E-state index in [4.69, 9.17) is 9.47 Å². The maximum absolute atomic E-state index is 13.0. The first-order valence-electron chi connectivity index (χ1n) is 9.04. The Hall–Kier alpha value is -3.07.